The minimum Gasteiger partial charge on any atom is -0.481 e. The molecule has 1 fully saturated rings. The maximum atomic E-state index is 10.5. The molecule has 9 heteroatoms. The first-order valence-corrected chi connectivity index (χ1v) is 7.11. The van der Waals surface area contributed by atoms with Gasteiger partial charge in [0.05, 0.1) is 18.8 Å². The molecule has 1 aliphatic carbocycles. The highest BCUT2D eigenvalue weighted by molar-refractivity contribution is 5.88. The normalized spacial score (nSPS) is 16.1. The van der Waals surface area contributed by atoms with Crippen molar-refractivity contribution in [1.29, 1.82) is 0 Å². The van der Waals surface area contributed by atoms with Crippen molar-refractivity contribution < 1.29 is 44.7 Å². The Kier molecular flexibility index (Phi) is 8.23. The van der Waals surface area contributed by atoms with Crippen molar-refractivity contribution in [2.75, 3.05) is 0 Å². The second-order valence-electron chi connectivity index (χ2n) is 5.65. The van der Waals surface area contributed by atoms with Crippen LogP contribution in [0.4, 0.5) is 0 Å². The molecule has 1 unspecified atom stereocenters. The monoisotopic (exact) mass is 334 g/mol. The quantitative estimate of drug-likeness (QED) is 0.448. The van der Waals surface area contributed by atoms with E-state index in [0.717, 1.165) is 12.8 Å². The van der Waals surface area contributed by atoms with Crippen LogP contribution in [0.1, 0.15) is 45.4 Å². The lowest BCUT2D eigenvalue weighted by molar-refractivity contribution is -0.170. The fraction of sp³-hybridized carbons (Fsp3) is 0.714. The van der Waals surface area contributed by atoms with Gasteiger partial charge in [0.1, 0.15) is 0 Å². The molecule has 0 spiro atoms. The smallest absolute Gasteiger partial charge is 0.336 e. The van der Waals surface area contributed by atoms with Gasteiger partial charge in [-0.3, -0.25) is 14.4 Å². The molecule has 0 amide bonds. The van der Waals surface area contributed by atoms with Crippen molar-refractivity contribution in [2.45, 2.75) is 51.0 Å². The van der Waals surface area contributed by atoms with Crippen LogP contribution in [0.3, 0.4) is 0 Å². The van der Waals surface area contributed by atoms with Gasteiger partial charge in [-0.15, -0.1) is 0 Å². The highest BCUT2D eigenvalue weighted by Crippen LogP contribution is 2.31. The Morgan fingerprint density at radius 1 is 0.957 bits per heavy atom. The predicted molar refractivity (Wildman–Crippen MR) is 75.8 cm³/mol. The second kappa shape index (κ2) is 9.09. The lowest BCUT2D eigenvalue weighted by Crippen LogP contribution is -2.42. The third kappa shape index (κ3) is 7.59. The fourth-order valence-electron chi connectivity index (χ4n) is 2.37. The topological polar surface area (TPSA) is 169 Å². The molecule has 0 aromatic carbocycles. The van der Waals surface area contributed by atoms with Crippen LogP contribution < -0.4 is 0 Å². The zero-order valence-corrected chi connectivity index (χ0v) is 12.8. The van der Waals surface area contributed by atoms with Gasteiger partial charge in [-0.25, -0.2) is 4.79 Å². The molecule has 1 saturated carbocycles. The number of aliphatic hydroxyl groups is 1. The van der Waals surface area contributed by atoms with E-state index in [-0.39, 0.29) is 5.92 Å². The molecule has 0 saturated heterocycles. The molecule has 0 radical (unpaired) electrons. The van der Waals surface area contributed by atoms with E-state index in [0.29, 0.717) is 5.92 Å². The molecule has 1 aliphatic rings. The number of carboxylic acid groups (broad SMARTS) is 4. The number of carbonyl (C=O) groups is 4. The van der Waals surface area contributed by atoms with Crippen LogP contribution >= 0.6 is 0 Å². The van der Waals surface area contributed by atoms with Crippen LogP contribution in [-0.4, -0.2) is 55.0 Å². The summed E-state index contributed by atoms with van der Waals surface area (Å²) in [4.78, 5) is 41.0. The highest BCUT2D eigenvalue weighted by Gasteiger charge is 2.40. The molecule has 0 aromatic rings. The first-order valence-electron chi connectivity index (χ1n) is 7.11. The van der Waals surface area contributed by atoms with E-state index in [4.69, 9.17) is 25.5 Å². The molecule has 0 heterocycles. The second-order valence-corrected chi connectivity index (χ2v) is 5.65. The largest absolute Gasteiger partial charge is 0.481 e. The van der Waals surface area contributed by atoms with Crippen LogP contribution in [0.25, 0.3) is 0 Å². The summed E-state index contributed by atoms with van der Waals surface area (Å²) in [5, 5.41) is 42.5. The van der Waals surface area contributed by atoms with Crippen LogP contribution in [0.2, 0.25) is 0 Å². The molecule has 1 atom stereocenters. The molecular formula is C14H22O9. The van der Waals surface area contributed by atoms with Crippen LogP contribution in [0.5, 0.6) is 0 Å². The first-order chi connectivity index (χ1) is 10.5. The summed E-state index contributed by atoms with van der Waals surface area (Å²) in [6.45, 7) is 1.82. The van der Waals surface area contributed by atoms with Gasteiger partial charge in [0, 0.05) is 0 Å². The van der Waals surface area contributed by atoms with E-state index in [2.05, 4.69) is 0 Å². The van der Waals surface area contributed by atoms with Crippen molar-refractivity contribution in [3.63, 3.8) is 0 Å². The zero-order valence-electron chi connectivity index (χ0n) is 12.8. The van der Waals surface area contributed by atoms with E-state index in [9.17, 15) is 19.2 Å². The summed E-state index contributed by atoms with van der Waals surface area (Å²) in [6, 6.07) is 0. The maximum absolute atomic E-state index is 10.5. The standard InChI is InChI=1S/C8H14O2.C6H8O7/c1-6(8(9)10)7-4-2-3-5-7;7-3(8)1-6(13,5(11)12)2-4(9)10/h6-7H,2-5H2,1H3,(H,9,10);13H,1-2H2,(H,7,8)(H,9,10)(H,11,12). The SMILES string of the molecule is CC(C(=O)O)C1CCCC1.O=C(O)CC(O)(CC(=O)O)C(=O)O. The summed E-state index contributed by atoms with van der Waals surface area (Å²) in [5.41, 5.74) is -2.74. The molecule has 9 nitrogen and oxygen atoms in total. The van der Waals surface area contributed by atoms with E-state index >= 15 is 0 Å². The average molecular weight is 334 g/mol. The van der Waals surface area contributed by atoms with Crippen molar-refractivity contribution in [3.05, 3.63) is 0 Å². The van der Waals surface area contributed by atoms with Gasteiger partial charge in [-0.2, -0.15) is 0 Å². The minimum absolute atomic E-state index is 0.123. The summed E-state index contributed by atoms with van der Waals surface area (Å²) < 4.78 is 0. The van der Waals surface area contributed by atoms with Gasteiger partial charge in [0.2, 0.25) is 0 Å². The average Bonchev–Trinajstić information content (AvgIpc) is 2.89. The Morgan fingerprint density at radius 3 is 1.61 bits per heavy atom. The Hall–Kier alpha value is -2.16. The van der Waals surface area contributed by atoms with E-state index < -0.39 is 42.3 Å². The molecule has 0 aliphatic heterocycles. The Morgan fingerprint density at radius 2 is 1.35 bits per heavy atom. The number of hydrogen-bond acceptors (Lipinski definition) is 5. The zero-order chi connectivity index (χ0) is 18.2. The van der Waals surface area contributed by atoms with Crippen LogP contribution in [0, 0.1) is 11.8 Å². The summed E-state index contributed by atoms with van der Waals surface area (Å²) in [5.74, 6) is -5.32. The minimum atomic E-state index is -2.74. The van der Waals surface area contributed by atoms with E-state index in [1.165, 1.54) is 12.8 Å². The van der Waals surface area contributed by atoms with Crippen LogP contribution in [-0.2, 0) is 19.2 Å². The predicted octanol–water partition coefficient (Wildman–Crippen LogP) is 0.649. The van der Waals surface area contributed by atoms with Crippen molar-refractivity contribution in [1.82, 2.24) is 0 Å². The number of rotatable bonds is 7. The molecule has 0 aromatic heterocycles. The molecular weight excluding hydrogens is 312 g/mol. The summed E-state index contributed by atoms with van der Waals surface area (Å²) in [7, 11) is 0. The molecule has 5 N–H and O–H groups in total. The van der Waals surface area contributed by atoms with E-state index in [1.54, 1.807) is 0 Å². The first kappa shape index (κ1) is 20.8. The molecule has 1 rings (SSSR count). The number of carboxylic acids is 4. The molecule has 132 valence electrons. The van der Waals surface area contributed by atoms with Gasteiger partial charge in [-0.05, 0) is 18.8 Å². The summed E-state index contributed by atoms with van der Waals surface area (Å²) in [6.07, 6.45) is 2.40. The van der Waals surface area contributed by atoms with Crippen LogP contribution in [0.15, 0.2) is 0 Å². The van der Waals surface area contributed by atoms with Crippen molar-refractivity contribution in [3.8, 4) is 0 Å². The highest BCUT2D eigenvalue weighted by atomic mass is 16.4. The van der Waals surface area contributed by atoms with Crippen molar-refractivity contribution >= 4 is 23.9 Å². The van der Waals surface area contributed by atoms with Gasteiger partial charge in [-0.1, -0.05) is 19.8 Å². The van der Waals surface area contributed by atoms with Gasteiger partial charge in [0.25, 0.3) is 0 Å². The summed E-state index contributed by atoms with van der Waals surface area (Å²) >= 11 is 0. The van der Waals surface area contributed by atoms with Gasteiger partial charge < -0.3 is 25.5 Å². The molecule has 23 heavy (non-hydrogen) atoms. The Labute approximate surface area is 132 Å². The van der Waals surface area contributed by atoms with E-state index in [1.807, 2.05) is 6.92 Å². The fourth-order valence-corrected chi connectivity index (χ4v) is 2.37. The number of aliphatic carboxylic acids is 4. The van der Waals surface area contributed by atoms with Crippen molar-refractivity contribution in [2.24, 2.45) is 11.8 Å². The maximum Gasteiger partial charge on any atom is 0.336 e. The lowest BCUT2D eigenvalue weighted by Gasteiger charge is -2.18. The Balaban J connectivity index is 0.000000433. The Bertz CT molecular complexity index is 435. The number of hydrogen-bond donors (Lipinski definition) is 5. The molecule has 0 bridgehead atoms. The third-order valence-electron chi connectivity index (χ3n) is 3.78. The van der Waals surface area contributed by atoms with Gasteiger partial charge >= 0.3 is 23.9 Å². The van der Waals surface area contributed by atoms with Gasteiger partial charge in [0.15, 0.2) is 5.60 Å². The lowest BCUT2D eigenvalue weighted by atomic mass is 9.93. The third-order valence-corrected chi connectivity index (χ3v) is 3.78.